The third kappa shape index (κ3) is 3.74. The number of aryl methyl sites for hydroxylation is 1. The maximum absolute atomic E-state index is 13.8. The number of para-hydroxylation sites is 1. The molecule has 6 heteroatoms. The summed E-state index contributed by atoms with van der Waals surface area (Å²) in [6.07, 6.45) is 1.59. The zero-order valence-electron chi connectivity index (χ0n) is 18.7. The minimum absolute atomic E-state index is 0.174. The number of rotatable bonds is 4. The van der Waals surface area contributed by atoms with Crippen LogP contribution in [0.5, 0.6) is 0 Å². The van der Waals surface area contributed by atoms with Gasteiger partial charge in [-0.15, -0.1) is 0 Å². The van der Waals surface area contributed by atoms with Crippen molar-refractivity contribution in [3.05, 3.63) is 105 Å². The molecule has 0 unspecified atom stereocenters. The molecule has 0 amide bonds. The Bertz CT molecular complexity index is 1520. The lowest BCUT2D eigenvalue weighted by Gasteiger charge is -2.15. The standard InChI is InChI=1S/C27H23ClN4O/c1-17(2)19-9-11-20(12-10-19)25-30-26-23(16-29-32(26)21-7-5-4-6-8-21)27(33)31(25)22-13-14-24(28)18(3)15-22/h4-17H,1-3H3. The lowest BCUT2D eigenvalue weighted by atomic mass is 10.0. The van der Waals surface area contributed by atoms with Crippen LogP contribution in [0.2, 0.25) is 5.02 Å². The van der Waals surface area contributed by atoms with E-state index in [-0.39, 0.29) is 5.56 Å². The largest absolute Gasteiger partial charge is 0.269 e. The van der Waals surface area contributed by atoms with E-state index in [9.17, 15) is 4.79 Å². The molecule has 0 spiro atoms. The van der Waals surface area contributed by atoms with Crippen molar-refractivity contribution in [1.29, 1.82) is 0 Å². The Morgan fingerprint density at radius 3 is 2.30 bits per heavy atom. The van der Waals surface area contributed by atoms with Crippen molar-refractivity contribution in [2.75, 3.05) is 0 Å². The molecule has 33 heavy (non-hydrogen) atoms. The predicted molar refractivity (Wildman–Crippen MR) is 134 cm³/mol. The van der Waals surface area contributed by atoms with Crippen LogP contribution in [0.4, 0.5) is 0 Å². The van der Waals surface area contributed by atoms with Gasteiger partial charge in [-0.05, 0) is 54.3 Å². The van der Waals surface area contributed by atoms with E-state index in [1.165, 1.54) is 5.56 Å². The van der Waals surface area contributed by atoms with E-state index in [1.807, 2.05) is 67.6 Å². The van der Waals surface area contributed by atoms with Gasteiger partial charge in [-0.1, -0.05) is 67.9 Å². The molecule has 0 atom stereocenters. The van der Waals surface area contributed by atoms with Crippen LogP contribution in [0, 0.1) is 6.92 Å². The molecule has 3 aromatic carbocycles. The van der Waals surface area contributed by atoms with Crippen molar-refractivity contribution in [3.63, 3.8) is 0 Å². The van der Waals surface area contributed by atoms with E-state index in [0.29, 0.717) is 33.5 Å². The fraction of sp³-hybridized carbons (Fsp3) is 0.148. The van der Waals surface area contributed by atoms with E-state index < -0.39 is 0 Å². The summed E-state index contributed by atoms with van der Waals surface area (Å²) in [5.74, 6) is 0.970. The average Bonchev–Trinajstić information content (AvgIpc) is 3.26. The van der Waals surface area contributed by atoms with Gasteiger partial charge in [-0.2, -0.15) is 5.10 Å². The van der Waals surface area contributed by atoms with Gasteiger partial charge in [0.05, 0.1) is 17.6 Å². The van der Waals surface area contributed by atoms with Crippen LogP contribution >= 0.6 is 11.6 Å². The number of fused-ring (bicyclic) bond motifs is 1. The molecule has 0 aliphatic rings. The van der Waals surface area contributed by atoms with Gasteiger partial charge in [0.25, 0.3) is 5.56 Å². The van der Waals surface area contributed by atoms with Crippen molar-refractivity contribution >= 4 is 22.6 Å². The van der Waals surface area contributed by atoms with Gasteiger partial charge in [0, 0.05) is 10.6 Å². The third-order valence-corrected chi connectivity index (χ3v) is 6.26. The fourth-order valence-corrected chi connectivity index (χ4v) is 4.06. The molecule has 0 saturated heterocycles. The normalized spacial score (nSPS) is 11.4. The molecule has 5 aromatic rings. The maximum Gasteiger partial charge on any atom is 0.269 e. The molecule has 0 fully saturated rings. The first-order chi connectivity index (χ1) is 15.9. The summed E-state index contributed by atoms with van der Waals surface area (Å²) in [5, 5.41) is 5.59. The smallest absolute Gasteiger partial charge is 0.268 e. The molecule has 2 aromatic heterocycles. The average molecular weight is 455 g/mol. The number of halogens is 1. The molecule has 0 bridgehead atoms. The summed E-state index contributed by atoms with van der Waals surface area (Å²) in [6.45, 7) is 6.24. The lowest BCUT2D eigenvalue weighted by Crippen LogP contribution is -2.22. The third-order valence-electron chi connectivity index (χ3n) is 5.84. The molecule has 0 aliphatic heterocycles. The Balaban J connectivity index is 1.82. The maximum atomic E-state index is 13.8. The summed E-state index contributed by atoms with van der Waals surface area (Å²) >= 11 is 6.26. The minimum atomic E-state index is -0.174. The van der Waals surface area contributed by atoms with E-state index in [0.717, 1.165) is 16.8 Å². The lowest BCUT2D eigenvalue weighted by molar-refractivity contribution is 0.866. The molecular weight excluding hydrogens is 432 g/mol. The Morgan fingerprint density at radius 2 is 1.64 bits per heavy atom. The Labute approximate surface area is 196 Å². The number of hydrogen-bond acceptors (Lipinski definition) is 3. The first-order valence-corrected chi connectivity index (χ1v) is 11.2. The van der Waals surface area contributed by atoms with Gasteiger partial charge in [0.1, 0.15) is 11.2 Å². The van der Waals surface area contributed by atoms with Crippen molar-refractivity contribution in [3.8, 4) is 22.8 Å². The fourth-order valence-electron chi connectivity index (χ4n) is 3.94. The molecule has 0 saturated carbocycles. The van der Waals surface area contributed by atoms with Gasteiger partial charge >= 0.3 is 0 Å². The quantitative estimate of drug-likeness (QED) is 0.319. The highest BCUT2D eigenvalue weighted by atomic mass is 35.5. The second kappa shape index (κ2) is 8.34. The van der Waals surface area contributed by atoms with Crippen LogP contribution in [0.25, 0.3) is 33.8 Å². The monoisotopic (exact) mass is 454 g/mol. The predicted octanol–water partition coefficient (Wildman–Crippen LogP) is 6.32. The number of hydrogen-bond donors (Lipinski definition) is 0. The van der Waals surface area contributed by atoms with Crippen molar-refractivity contribution < 1.29 is 0 Å². The van der Waals surface area contributed by atoms with Gasteiger partial charge in [0.15, 0.2) is 5.65 Å². The molecule has 2 heterocycles. The van der Waals surface area contributed by atoms with Gasteiger partial charge in [0.2, 0.25) is 0 Å². The summed E-state index contributed by atoms with van der Waals surface area (Å²) in [5.41, 5.74) is 4.88. The van der Waals surface area contributed by atoms with Gasteiger partial charge in [-0.3, -0.25) is 9.36 Å². The van der Waals surface area contributed by atoms with Crippen molar-refractivity contribution in [1.82, 2.24) is 19.3 Å². The first kappa shape index (κ1) is 21.2. The van der Waals surface area contributed by atoms with Crippen LogP contribution in [0.1, 0.15) is 30.9 Å². The highest BCUT2D eigenvalue weighted by molar-refractivity contribution is 6.31. The number of aromatic nitrogens is 4. The second-order valence-corrected chi connectivity index (χ2v) is 8.82. The molecule has 0 N–H and O–H groups in total. The zero-order valence-corrected chi connectivity index (χ0v) is 19.4. The summed E-state index contributed by atoms with van der Waals surface area (Å²) in [4.78, 5) is 18.8. The van der Waals surface area contributed by atoms with E-state index in [2.05, 4.69) is 31.1 Å². The molecular formula is C27H23ClN4O. The minimum Gasteiger partial charge on any atom is -0.268 e. The SMILES string of the molecule is Cc1cc(-n2c(-c3ccc(C(C)C)cc3)nc3c(cnn3-c3ccccc3)c2=O)ccc1Cl. The zero-order chi connectivity index (χ0) is 23.1. The Morgan fingerprint density at radius 1 is 0.909 bits per heavy atom. The summed E-state index contributed by atoms with van der Waals surface area (Å²) < 4.78 is 3.35. The molecule has 164 valence electrons. The molecule has 0 radical (unpaired) electrons. The highest BCUT2D eigenvalue weighted by Crippen LogP contribution is 2.27. The van der Waals surface area contributed by atoms with Crippen LogP contribution in [-0.2, 0) is 0 Å². The summed E-state index contributed by atoms with van der Waals surface area (Å²) in [7, 11) is 0. The van der Waals surface area contributed by atoms with E-state index in [1.54, 1.807) is 15.4 Å². The van der Waals surface area contributed by atoms with Gasteiger partial charge in [-0.25, -0.2) is 9.67 Å². The topological polar surface area (TPSA) is 52.7 Å². The molecule has 5 rings (SSSR count). The van der Waals surface area contributed by atoms with E-state index in [4.69, 9.17) is 16.6 Å². The number of nitrogens with zero attached hydrogens (tertiary/aromatic N) is 4. The van der Waals surface area contributed by atoms with Crippen molar-refractivity contribution in [2.24, 2.45) is 0 Å². The highest BCUT2D eigenvalue weighted by Gasteiger charge is 2.19. The van der Waals surface area contributed by atoms with Gasteiger partial charge < -0.3 is 0 Å². The number of benzene rings is 3. The molecule has 0 aliphatic carbocycles. The second-order valence-electron chi connectivity index (χ2n) is 8.42. The van der Waals surface area contributed by atoms with Crippen molar-refractivity contribution in [2.45, 2.75) is 26.7 Å². The van der Waals surface area contributed by atoms with Crippen LogP contribution in [0.15, 0.2) is 83.8 Å². The first-order valence-electron chi connectivity index (χ1n) is 10.9. The Hall–Kier alpha value is -3.70. The Kier molecular flexibility index (Phi) is 5.35. The molecule has 5 nitrogen and oxygen atoms in total. The van der Waals surface area contributed by atoms with E-state index >= 15 is 0 Å². The van der Waals surface area contributed by atoms with Crippen LogP contribution in [0.3, 0.4) is 0 Å². The van der Waals surface area contributed by atoms with Crippen LogP contribution < -0.4 is 5.56 Å². The summed E-state index contributed by atoms with van der Waals surface area (Å²) in [6, 6.07) is 23.5. The van der Waals surface area contributed by atoms with Crippen LogP contribution in [-0.4, -0.2) is 19.3 Å².